The van der Waals surface area contributed by atoms with Crippen LogP contribution in [0.1, 0.15) is 19.7 Å². The van der Waals surface area contributed by atoms with E-state index in [9.17, 15) is 4.79 Å². The Morgan fingerprint density at radius 1 is 1.77 bits per heavy atom. The Hall–Kier alpha value is -1.65. The number of rotatable bonds is 3. The minimum atomic E-state index is -0.109. The van der Waals surface area contributed by atoms with Gasteiger partial charge in [0.05, 0.1) is 6.21 Å². The first-order chi connectivity index (χ1) is 6.20. The molecule has 5 nitrogen and oxygen atoms in total. The SMILES string of the molecule is CC(C)C(=O)N/N=C/c1ncc[nH]1. The van der Waals surface area contributed by atoms with Crippen molar-refractivity contribution in [2.45, 2.75) is 13.8 Å². The molecular weight excluding hydrogens is 168 g/mol. The summed E-state index contributed by atoms with van der Waals surface area (Å²) in [6.45, 7) is 3.61. The third kappa shape index (κ3) is 3.06. The molecule has 1 heterocycles. The molecule has 70 valence electrons. The topological polar surface area (TPSA) is 70.1 Å². The molecule has 0 aromatic carbocycles. The molecular formula is C8H12N4O. The Bertz CT molecular complexity index is 289. The van der Waals surface area contributed by atoms with Crippen LogP contribution in [-0.4, -0.2) is 22.1 Å². The summed E-state index contributed by atoms with van der Waals surface area (Å²) < 4.78 is 0. The molecule has 0 atom stereocenters. The fourth-order valence-electron chi connectivity index (χ4n) is 0.634. The Morgan fingerprint density at radius 3 is 3.08 bits per heavy atom. The number of aromatic nitrogens is 2. The summed E-state index contributed by atoms with van der Waals surface area (Å²) in [5.74, 6) is 0.445. The molecule has 0 spiro atoms. The molecule has 1 rings (SSSR count). The zero-order valence-electron chi connectivity index (χ0n) is 7.61. The molecule has 0 unspecified atom stereocenters. The quantitative estimate of drug-likeness (QED) is 0.525. The van der Waals surface area contributed by atoms with Crippen LogP contribution in [0.3, 0.4) is 0 Å². The van der Waals surface area contributed by atoms with E-state index >= 15 is 0 Å². The lowest BCUT2D eigenvalue weighted by Crippen LogP contribution is -2.22. The molecule has 1 aromatic heterocycles. The Balaban J connectivity index is 2.39. The minimum absolute atomic E-state index is 0.0613. The lowest BCUT2D eigenvalue weighted by atomic mass is 10.2. The molecule has 0 fully saturated rings. The maximum atomic E-state index is 11.0. The molecule has 1 aromatic rings. The average molecular weight is 180 g/mol. The summed E-state index contributed by atoms with van der Waals surface area (Å²) in [6.07, 6.45) is 4.76. The summed E-state index contributed by atoms with van der Waals surface area (Å²) in [6, 6.07) is 0. The summed E-state index contributed by atoms with van der Waals surface area (Å²) in [7, 11) is 0. The van der Waals surface area contributed by atoms with Crippen molar-refractivity contribution >= 4 is 12.1 Å². The first kappa shape index (κ1) is 9.44. The standard InChI is InChI=1S/C8H12N4O/c1-6(2)8(13)12-11-5-7-9-3-4-10-7/h3-6H,1-2H3,(H,9,10)(H,12,13)/b11-5+. The van der Waals surface area contributed by atoms with Crippen LogP contribution in [0.5, 0.6) is 0 Å². The van der Waals surface area contributed by atoms with Crippen molar-refractivity contribution < 1.29 is 4.79 Å². The first-order valence-corrected chi connectivity index (χ1v) is 4.02. The first-order valence-electron chi connectivity index (χ1n) is 4.02. The number of hydrazone groups is 1. The highest BCUT2D eigenvalue weighted by atomic mass is 16.2. The maximum Gasteiger partial charge on any atom is 0.242 e. The van der Waals surface area contributed by atoms with Crippen molar-refractivity contribution in [2.24, 2.45) is 11.0 Å². The van der Waals surface area contributed by atoms with Gasteiger partial charge in [-0.2, -0.15) is 5.10 Å². The van der Waals surface area contributed by atoms with Gasteiger partial charge in [-0.25, -0.2) is 10.4 Å². The van der Waals surface area contributed by atoms with E-state index in [2.05, 4.69) is 20.5 Å². The molecule has 2 N–H and O–H groups in total. The second kappa shape index (κ2) is 4.39. The Morgan fingerprint density at radius 2 is 2.54 bits per heavy atom. The van der Waals surface area contributed by atoms with Gasteiger partial charge in [0.15, 0.2) is 0 Å². The number of carbonyl (C=O) groups is 1. The molecule has 0 bridgehead atoms. The fraction of sp³-hybridized carbons (Fsp3) is 0.375. The summed E-state index contributed by atoms with van der Waals surface area (Å²) in [5.41, 5.74) is 2.39. The van der Waals surface area contributed by atoms with E-state index in [1.165, 1.54) is 6.21 Å². The largest absolute Gasteiger partial charge is 0.344 e. The second-order valence-electron chi connectivity index (χ2n) is 2.86. The van der Waals surface area contributed by atoms with E-state index in [1.807, 2.05) is 0 Å². The third-order valence-corrected chi connectivity index (χ3v) is 1.41. The van der Waals surface area contributed by atoms with Crippen LogP contribution >= 0.6 is 0 Å². The smallest absolute Gasteiger partial charge is 0.242 e. The molecule has 0 radical (unpaired) electrons. The number of amides is 1. The Labute approximate surface area is 76.3 Å². The molecule has 0 saturated heterocycles. The third-order valence-electron chi connectivity index (χ3n) is 1.41. The zero-order chi connectivity index (χ0) is 9.68. The normalized spacial score (nSPS) is 11.0. The van der Waals surface area contributed by atoms with E-state index in [-0.39, 0.29) is 11.8 Å². The van der Waals surface area contributed by atoms with E-state index in [0.717, 1.165) is 0 Å². The van der Waals surface area contributed by atoms with Gasteiger partial charge < -0.3 is 4.98 Å². The van der Waals surface area contributed by atoms with Gasteiger partial charge >= 0.3 is 0 Å². The number of carbonyl (C=O) groups excluding carboxylic acids is 1. The average Bonchev–Trinajstić information content (AvgIpc) is 2.56. The molecule has 0 aliphatic carbocycles. The van der Waals surface area contributed by atoms with Crippen molar-refractivity contribution in [1.29, 1.82) is 0 Å². The van der Waals surface area contributed by atoms with Crippen molar-refractivity contribution in [1.82, 2.24) is 15.4 Å². The molecule has 0 saturated carbocycles. The summed E-state index contributed by atoms with van der Waals surface area (Å²) in [4.78, 5) is 17.7. The van der Waals surface area contributed by atoms with Gasteiger partial charge in [-0.3, -0.25) is 4.79 Å². The van der Waals surface area contributed by atoms with Crippen LogP contribution < -0.4 is 5.43 Å². The molecule has 5 heteroatoms. The highest BCUT2D eigenvalue weighted by Gasteiger charge is 2.03. The number of hydrogen-bond acceptors (Lipinski definition) is 3. The molecule has 1 amide bonds. The van der Waals surface area contributed by atoms with E-state index < -0.39 is 0 Å². The summed E-state index contributed by atoms with van der Waals surface area (Å²) in [5, 5.41) is 3.72. The fourth-order valence-corrected chi connectivity index (χ4v) is 0.634. The number of nitrogens with one attached hydrogen (secondary N) is 2. The van der Waals surface area contributed by atoms with Crippen molar-refractivity contribution in [3.63, 3.8) is 0 Å². The van der Waals surface area contributed by atoms with Crippen LogP contribution in [0.15, 0.2) is 17.5 Å². The number of aromatic amines is 1. The zero-order valence-corrected chi connectivity index (χ0v) is 7.61. The number of imidazole rings is 1. The number of nitrogens with zero attached hydrogens (tertiary/aromatic N) is 2. The van der Waals surface area contributed by atoms with E-state index in [4.69, 9.17) is 0 Å². The Kier molecular flexibility index (Phi) is 3.19. The minimum Gasteiger partial charge on any atom is -0.344 e. The van der Waals surface area contributed by atoms with Crippen LogP contribution in [-0.2, 0) is 4.79 Å². The van der Waals surface area contributed by atoms with Gasteiger partial charge in [-0.15, -0.1) is 0 Å². The lowest BCUT2D eigenvalue weighted by molar-refractivity contribution is -0.123. The molecule has 13 heavy (non-hydrogen) atoms. The predicted molar refractivity (Wildman–Crippen MR) is 49.2 cm³/mol. The molecule has 0 aliphatic rings. The van der Waals surface area contributed by atoms with Gasteiger partial charge in [0.1, 0.15) is 5.82 Å². The monoisotopic (exact) mass is 180 g/mol. The van der Waals surface area contributed by atoms with Crippen LogP contribution in [0.2, 0.25) is 0 Å². The van der Waals surface area contributed by atoms with Gasteiger partial charge in [-0.05, 0) is 0 Å². The van der Waals surface area contributed by atoms with Gasteiger partial charge in [0.25, 0.3) is 0 Å². The highest BCUT2D eigenvalue weighted by Crippen LogP contribution is 1.89. The van der Waals surface area contributed by atoms with Crippen molar-refractivity contribution in [2.75, 3.05) is 0 Å². The van der Waals surface area contributed by atoms with E-state index in [0.29, 0.717) is 5.82 Å². The number of hydrogen-bond donors (Lipinski definition) is 2. The van der Waals surface area contributed by atoms with Crippen LogP contribution in [0.4, 0.5) is 0 Å². The number of H-pyrrole nitrogens is 1. The van der Waals surface area contributed by atoms with Gasteiger partial charge in [0.2, 0.25) is 5.91 Å². The van der Waals surface area contributed by atoms with E-state index in [1.54, 1.807) is 26.2 Å². The molecule has 0 aliphatic heterocycles. The summed E-state index contributed by atoms with van der Waals surface area (Å²) >= 11 is 0. The lowest BCUT2D eigenvalue weighted by Gasteiger charge is -2.00. The van der Waals surface area contributed by atoms with Gasteiger partial charge in [0, 0.05) is 18.3 Å². The van der Waals surface area contributed by atoms with Gasteiger partial charge in [-0.1, -0.05) is 13.8 Å². The van der Waals surface area contributed by atoms with Crippen LogP contribution in [0.25, 0.3) is 0 Å². The maximum absolute atomic E-state index is 11.0. The van der Waals surface area contributed by atoms with Crippen LogP contribution in [0, 0.1) is 5.92 Å². The van der Waals surface area contributed by atoms with Crippen molar-refractivity contribution in [3.05, 3.63) is 18.2 Å². The highest BCUT2D eigenvalue weighted by molar-refractivity contribution is 5.80. The predicted octanol–water partition coefficient (Wildman–Crippen LogP) is 0.516. The second-order valence-corrected chi connectivity index (χ2v) is 2.86. The van der Waals surface area contributed by atoms with Crippen molar-refractivity contribution in [3.8, 4) is 0 Å².